The lowest BCUT2D eigenvalue weighted by atomic mass is 10.0. The predicted octanol–water partition coefficient (Wildman–Crippen LogP) is 5.76. The lowest BCUT2D eigenvalue weighted by Gasteiger charge is -2.10. The average Bonchev–Trinajstić information content (AvgIpc) is 2.86. The van der Waals surface area contributed by atoms with Gasteiger partial charge < -0.3 is 28.4 Å². The van der Waals surface area contributed by atoms with Crippen LogP contribution in [0.5, 0.6) is 0 Å². The number of allylic oxidation sites excluding steroid dienone is 1. The van der Waals surface area contributed by atoms with Crippen molar-refractivity contribution >= 4 is 11.1 Å². The SMILES string of the molecule is C=C(COCCOCCOCCCC)c1ccc(/C(C)=C/OCCOCCOCCCC)cc1. The highest BCUT2D eigenvalue weighted by atomic mass is 16.5. The summed E-state index contributed by atoms with van der Waals surface area (Å²) in [6.45, 7) is 17.2. The molecular formula is C28H46O6. The summed E-state index contributed by atoms with van der Waals surface area (Å²) in [7, 11) is 0. The van der Waals surface area contributed by atoms with E-state index in [1.54, 1.807) is 6.26 Å². The fraction of sp³-hybridized carbons (Fsp3) is 0.643. The van der Waals surface area contributed by atoms with Crippen LogP contribution in [0.25, 0.3) is 11.1 Å². The van der Waals surface area contributed by atoms with Crippen LogP contribution in [-0.2, 0) is 28.4 Å². The van der Waals surface area contributed by atoms with E-state index in [9.17, 15) is 0 Å². The molecular weight excluding hydrogens is 432 g/mol. The van der Waals surface area contributed by atoms with Crippen LogP contribution in [0.4, 0.5) is 0 Å². The quantitative estimate of drug-likeness (QED) is 0.147. The highest BCUT2D eigenvalue weighted by Crippen LogP contribution is 2.18. The molecule has 0 heterocycles. The molecule has 0 aliphatic rings. The molecule has 1 aromatic carbocycles. The smallest absolute Gasteiger partial charge is 0.111 e. The highest BCUT2D eigenvalue weighted by Gasteiger charge is 2.02. The molecule has 0 saturated carbocycles. The van der Waals surface area contributed by atoms with Crippen molar-refractivity contribution < 1.29 is 28.4 Å². The molecule has 34 heavy (non-hydrogen) atoms. The Morgan fingerprint density at radius 1 is 0.647 bits per heavy atom. The van der Waals surface area contributed by atoms with Gasteiger partial charge in [0.25, 0.3) is 0 Å². The van der Waals surface area contributed by atoms with Crippen LogP contribution in [-0.4, -0.2) is 72.7 Å². The van der Waals surface area contributed by atoms with Crippen LogP contribution in [0.15, 0.2) is 37.1 Å². The van der Waals surface area contributed by atoms with Gasteiger partial charge in [-0.2, -0.15) is 0 Å². The first kappa shape index (κ1) is 30.3. The maximum Gasteiger partial charge on any atom is 0.111 e. The normalized spacial score (nSPS) is 11.7. The van der Waals surface area contributed by atoms with Crippen molar-refractivity contribution in [3.63, 3.8) is 0 Å². The second-order valence-electron chi connectivity index (χ2n) is 8.06. The second-order valence-corrected chi connectivity index (χ2v) is 8.06. The van der Waals surface area contributed by atoms with Crippen molar-refractivity contribution in [1.29, 1.82) is 0 Å². The second kappa shape index (κ2) is 21.8. The Labute approximate surface area is 207 Å². The first-order valence-electron chi connectivity index (χ1n) is 12.6. The molecule has 0 atom stereocenters. The molecule has 0 radical (unpaired) electrons. The van der Waals surface area contributed by atoms with Gasteiger partial charge >= 0.3 is 0 Å². The standard InChI is InChI=1S/C28H46O6/c1-5-7-13-29-15-17-31-19-21-33-23-25(3)27-9-11-28(12-10-27)26(4)24-34-22-20-32-18-16-30-14-8-6-2/h9-12,24H,3,5-8,13-23H2,1-2,4H3/b26-24+. The van der Waals surface area contributed by atoms with Crippen LogP contribution in [0, 0.1) is 0 Å². The third-order valence-corrected chi connectivity index (χ3v) is 5.03. The summed E-state index contributed by atoms with van der Waals surface area (Å²) in [4.78, 5) is 0. The molecule has 0 aliphatic carbocycles. The van der Waals surface area contributed by atoms with Crippen molar-refractivity contribution in [2.75, 3.05) is 72.7 Å². The Balaban J connectivity index is 2.13. The molecule has 0 aliphatic heterocycles. The molecule has 0 unspecified atom stereocenters. The fourth-order valence-corrected chi connectivity index (χ4v) is 2.86. The number of unbranched alkanes of at least 4 members (excludes halogenated alkanes) is 2. The van der Waals surface area contributed by atoms with Crippen LogP contribution in [0.2, 0.25) is 0 Å². The topological polar surface area (TPSA) is 55.4 Å². The minimum absolute atomic E-state index is 0.483. The molecule has 0 N–H and O–H groups in total. The van der Waals surface area contributed by atoms with Gasteiger partial charge in [0.2, 0.25) is 0 Å². The molecule has 194 valence electrons. The predicted molar refractivity (Wildman–Crippen MR) is 139 cm³/mol. The minimum Gasteiger partial charge on any atom is -0.498 e. The molecule has 1 aromatic rings. The lowest BCUT2D eigenvalue weighted by Crippen LogP contribution is -2.10. The number of rotatable bonds is 23. The number of ether oxygens (including phenoxy) is 6. The Bertz CT molecular complexity index is 641. The first-order chi connectivity index (χ1) is 16.7. The summed E-state index contributed by atoms with van der Waals surface area (Å²) < 4.78 is 33.2. The van der Waals surface area contributed by atoms with Crippen molar-refractivity contribution in [3.05, 3.63) is 48.2 Å². The third-order valence-electron chi connectivity index (χ3n) is 5.03. The van der Waals surface area contributed by atoms with Crippen LogP contribution in [0.1, 0.15) is 57.6 Å². The van der Waals surface area contributed by atoms with Gasteiger partial charge in [0.15, 0.2) is 0 Å². The molecule has 0 spiro atoms. The molecule has 0 bridgehead atoms. The first-order valence-corrected chi connectivity index (χ1v) is 12.6. The van der Waals surface area contributed by atoms with E-state index in [-0.39, 0.29) is 0 Å². The zero-order chi connectivity index (χ0) is 24.7. The average molecular weight is 479 g/mol. The largest absolute Gasteiger partial charge is 0.498 e. The molecule has 6 heteroatoms. The lowest BCUT2D eigenvalue weighted by molar-refractivity contribution is 0.0198. The Kier molecular flexibility index (Phi) is 19.5. The van der Waals surface area contributed by atoms with Gasteiger partial charge in [0.1, 0.15) is 6.61 Å². The summed E-state index contributed by atoms with van der Waals surface area (Å²) >= 11 is 0. The summed E-state index contributed by atoms with van der Waals surface area (Å²) in [5, 5.41) is 0. The van der Waals surface area contributed by atoms with Crippen LogP contribution in [0.3, 0.4) is 0 Å². The summed E-state index contributed by atoms with van der Waals surface area (Å²) in [6, 6.07) is 8.26. The number of benzene rings is 1. The maximum absolute atomic E-state index is 5.67. The van der Waals surface area contributed by atoms with E-state index in [2.05, 4.69) is 44.7 Å². The van der Waals surface area contributed by atoms with E-state index in [0.717, 1.165) is 61.2 Å². The van der Waals surface area contributed by atoms with Crippen molar-refractivity contribution in [3.8, 4) is 0 Å². The van der Waals surface area contributed by atoms with Crippen molar-refractivity contribution in [2.24, 2.45) is 0 Å². The van der Waals surface area contributed by atoms with E-state index in [1.165, 1.54) is 0 Å². The zero-order valence-corrected chi connectivity index (χ0v) is 21.6. The third kappa shape index (κ3) is 16.0. The van der Waals surface area contributed by atoms with Crippen LogP contribution >= 0.6 is 0 Å². The van der Waals surface area contributed by atoms with Gasteiger partial charge in [-0.05, 0) is 42.0 Å². The van der Waals surface area contributed by atoms with Gasteiger partial charge in [-0.1, -0.05) is 57.5 Å². The van der Waals surface area contributed by atoms with E-state index in [4.69, 9.17) is 28.4 Å². The van der Waals surface area contributed by atoms with Gasteiger partial charge in [-0.25, -0.2) is 0 Å². The van der Waals surface area contributed by atoms with E-state index in [1.807, 2.05) is 6.92 Å². The summed E-state index contributed by atoms with van der Waals surface area (Å²) in [5.41, 5.74) is 4.19. The van der Waals surface area contributed by atoms with Gasteiger partial charge in [0, 0.05) is 13.2 Å². The Morgan fingerprint density at radius 2 is 1.09 bits per heavy atom. The summed E-state index contributed by atoms with van der Waals surface area (Å²) in [6.07, 6.45) is 6.28. The van der Waals surface area contributed by atoms with Gasteiger partial charge in [-0.15, -0.1) is 0 Å². The molecule has 0 saturated heterocycles. The van der Waals surface area contributed by atoms with E-state index >= 15 is 0 Å². The Morgan fingerprint density at radius 3 is 1.62 bits per heavy atom. The summed E-state index contributed by atoms with van der Waals surface area (Å²) in [5.74, 6) is 0. The van der Waals surface area contributed by atoms with Crippen LogP contribution < -0.4 is 0 Å². The highest BCUT2D eigenvalue weighted by molar-refractivity contribution is 5.68. The molecule has 0 amide bonds. The molecule has 0 fully saturated rings. The van der Waals surface area contributed by atoms with Gasteiger partial charge in [0.05, 0.1) is 59.1 Å². The van der Waals surface area contributed by atoms with Gasteiger partial charge in [-0.3, -0.25) is 0 Å². The maximum atomic E-state index is 5.67. The Hall–Kier alpha value is -1.70. The van der Waals surface area contributed by atoms with E-state index < -0.39 is 0 Å². The molecule has 1 rings (SSSR count). The fourth-order valence-electron chi connectivity index (χ4n) is 2.86. The minimum atomic E-state index is 0.483. The number of hydrogen-bond acceptors (Lipinski definition) is 6. The molecule has 6 nitrogen and oxygen atoms in total. The monoisotopic (exact) mass is 478 g/mol. The van der Waals surface area contributed by atoms with Crippen molar-refractivity contribution in [1.82, 2.24) is 0 Å². The van der Waals surface area contributed by atoms with Crippen molar-refractivity contribution in [2.45, 2.75) is 46.5 Å². The number of hydrogen-bond donors (Lipinski definition) is 0. The zero-order valence-electron chi connectivity index (χ0n) is 21.6. The molecule has 0 aromatic heterocycles. The van der Waals surface area contributed by atoms with E-state index in [0.29, 0.717) is 59.5 Å².